The van der Waals surface area contributed by atoms with Crippen LogP contribution in [0.15, 0.2) is 18.2 Å². The molecule has 0 bridgehead atoms. The van der Waals surface area contributed by atoms with Crippen molar-refractivity contribution in [2.45, 2.75) is 6.54 Å². The lowest BCUT2D eigenvalue weighted by Crippen LogP contribution is -2.15. The molecule has 0 aliphatic rings. The van der Waals surface area contributed by atoms with Crippen molar-refractivity contribution in [2.24, 2.45) is 0 Å². The van der Waals surface area contributed by atoms with Crippen LogP contribution in [0.4, 0.5) is 0 Å². The predicted octanol–water partition coefficient (Wildman–Crippen LogP) is 3.48. The van der Waals surface area contributed by atoms with E-state index in [2.05, 4.69) is 21.2 Å². The smallest absolute Gasteiger partial charge is 0.0465 e. The molecule has 0 saturated heterocycles. The number of hydrogen-bond donors (Lipinski definition) is 1. The highest BCUT2D eigenvalue weighted by atomic mass is 79.9. The number of halogens is 3. The largest absolute Gasteiger partial charge is 0.312 e. The van der Waals surface area contributed by atoms with E-state index in [1.54, 1.807) is 6.07 Å². The van der Waals surface area contributed by atoms with Gasteiger partial charge in [-0.3, -0.25) is 0 Å². The number of rotatable bonds is 4. The third-order valence-corrected chi connectivity index (χ3v) is 2.59. The minimum Gasteiger partial charge on any atom is -0.312 e. The third-order valence-electron chi connectivity index (χ3n) is 1.60. The molecule has 1 nitrogen and oxygen atoms in total. The summed E-state index contributed by atoms with van der Waals surface area (Å²) in [5, 5.41) is 5.57. The Morgan fingerprint density at radius 2 is 2.08 bits per heavy atom. The van der Waals surface area contributed by atoms with Gasteiger partial charge < -0.3 is 5.32 Å². The molecular weight excluding hydrogens is 273 g/mol. The Morgan fingerprint density at radius 1 is 1.31 bits per heavy atom. The maximum atomic E-state index is 5.97. The molecule has 1 aromatic carbocycles. The van der Waals surface area contributed by atoms with Gasteiger partial charge in [0.15, 0.2) is 0 Å². The monoisotopic (exact) mass is 281 g/mol. The third kappa shape index (κ3) is 3.86. The summed E-state index contributed by atoms with van der Waals surface area (Å²) >= 11 is 15.1. The standard InChI is InChI=1S/C9H10BrCl2N/c10-3-4-13-6-7-1-2-8(11)5-9(7)12/h1-2,5,13H,3-4,6H2. The highest BCUT2D eigenvalue weighted by molar-refractivity contribution is 9.09. The van der Waals surface area contributed by atoms with Gasteiger partial charge in [-0.25, -0.2) is 0 Å². The van der Waals surface area contributed by atoms with Gasteiger partial charge in [0.2, 0.25) is 0 Å². The van der Waals surface area contributed by atoms with Gasteiger partial charge in [-0.15, -0.1) is 0 Å². The molecule has 1 rings (SSSR count). The van der Waals surface area contributed by atoms with Gasteiger partial charge in [0.25, 0.3) is 0 Å². The molecule has 0 aliphatic carbocycles. The fraction of sp³-hybridized carbons (Fsp3) is 0.333. The number of benzene rings is 1. The molecule has 0 aromatic heterocycles. The van der Waals surface area contributed by atoms with E-state index in [4.69, 9.17) is 23.2 Å². The van der Waals surface area contributed by atoms with Crippen molar-refractivity contribution in [1.82, 2.24) is 5.32 Å². The van der Waals surface area contributed by atoms with Gasteiger partial charge in [-0.1, -0.05) is 45.2 Å². The number of hydrogen-bond acceptors (Lipinski definition) is 1. The van der Waals surface area contributed by atoms with Crippen molar-refractivity contribution < 1.29 is 0 Å². The Hall–Kier alpha value is 0.240. The van der Waals surface area contributed by atoms with Crippen molar-refractivity contribution in [3.63, 3.8) is 0 Å². The van der Waals surface area contributed by atoms with Crippen molar-refractivity contribution in [3.05, 3.63) is 33.8 Å². The van der Waals surface area contributed by atoms with Crippen LogP contribution in [0.3, 0.4) is 0 Å². The zero-order valence-electron chi connectivity index (χ0n) is 6.99. The van der Waals surface area contributed by atoms with Crippen LogP contribution in [0.2, 0.25) is 10.0 Å². The Morgan fingerprint density at radius 3 is 2.69 bits per heavy atom. The summed E-state index contributed by atoms with van der Waals surface area (Å²) in [5.41, 5.74) is 1.08. The SMILES string of the molecule is Clc1ccc(CNCCBr)c(Cl)c1. The Balaban J connectivity index is 2.56. The fourth-order valence-electron chi connectivity index (χ4n) is 0.955. The summed E-state index contributed by atoms with van der Waals surface area (Å²) in [4.78, 5) is 0. The van der Waals surface area contributed by atoms with Crippen molar-refractivity contribution in [3.8, 4) is 0 Å². The molecule has 0 saturated carbocycles. The van der Waals surface area contributed by atoms with E-state index in [1.807, 2.05) is 12.1 Å². The lowest BCUT2D eigenvalue weighted by atomic mass is 10.2. The zero-order chi connectivity index (χ0) is 9.68. The predicted molar refractivity (Wildman–Crippen MR) is 62.0 cm³/mol. The highest BCUT2D eigenvalue weighted by Gasteiger charge is 1.99. The van der Waals surface area contributed by atoms with E-state index in [0.717, 1.165) is 29.0 Å². The van der Waals surface area contributed by atoms with E-state index in [9.17, 15) is 0 Å². The maximum absolute atomic E-state index is 5.97. The molecule has 13 heavy (non-hydrogen) atoms. The highest BCUT2D eigenvalue weighted by Crippen LogP contribution is 2.20. The van der Waals surface area contributed by atoms with Crippen LogP contribution in [0.1, 0.15) is 5.56 Å². The second kappa shape index (κ2) is 5.86. The lowest BCUT2D eigenvalue weighted by molar-refractivity contribution is 0.734. The molecular formula is C9H10BrCl2N. The molecule has 0 spiro atoms. The molecule has 0 amide bonds. The van der Waals surface area contributed by atoms with Crippen LogP contribution < -0.4 is 5.32 Å². The first-order valence-corrected chi connectivity index (χ1v) is 5.82. The zero-order valence-corrected chi connectivity index (χ0v) is 10.1. The first-order chi connectivity index (χ1) is 6.24. The molecule has 0 atom stereocenters. The van der Waals surface area contributed by atoms with Gasteiger partial charge in [0, 0.05) is 28.5 Å². The van der Waals surface area contributed by atoms with Crippen molar-refractivity contribution >= 4 is 39.1 Å². The summed E-state index contributed by atoms with van der Waals surface area (Å²) in [5.74, 6) is 0. The van der Waals surface area contributed by atoms with Gasteiger partial charge in [0.1, 0.15) is 0 Å². The average Bonchev–Trinajstić information content (AvgIpc) is 2.09. The van der Waals surface area contributed by atoms with Gasteiger partial charge >= 0.3 is 0 Å². The van der Waals surface area contributed by atoms with E-state index in [-0.39, 0.29) is 0 Å². The number of nitrogens with one attached hydrogen (secondary N) is 1. The first-order valence-electron chi connectivity index (χ1n) is 3.94. The van der Waals surface area contributed by atoms with Crippen LogP contribution in [0, 0.1) is 0 Å². The average molecular weight is 283 g/mol. The molecule has 0 aliphatic heterocycles. The van der Waals surface area contributed by atoms with E-state index in [0.29, 0.717) is 5.02 Å². The van der Waals surface area contributed by atoms with Crippen LogP contribution in [0.25, 0.3) is 0 Å². The van der Waals surface area contributed by atoms with Gasteiger partial charge in [-0.05, 0) is 17.7 Å². The fourth-order valence-corrected chi connectivity index (χ4v) is 1.71. The van der Waals surface area contributed by atoms with Gasteiger partial charge in [0.05, 0.1) is 0 Å². The van der Waals surface area contributed by atoms with Crippen molar-refractivity contribution in [2.75, 3.05) is 11.9 Å². The molecule has 0 unspecified atom stereocenters. The van der Waals surface area contributed by atoms with Gasteiger partial charge in [-0.2, -0.15) is 0 Å². The Labute approximate surface area is 96.6 Å². The van der Waals surface area contributed by atoms with Crippen LogP contribution >= 0.6 is 39.1 Å². The molecule has 72 valence electrons. The summed E-state index contributed by atoms with van der Waals surface area (Å²) in [7, 11) is 0. The Bertz CT molecular complexity index is 278. The molecule has 0 fully saturated rings. The second-order valence-electron chi connectivity index (χ2n) is 2.60. The van der Waals surface area contributed by atoms with E-state index < -0.39 is 0 Å². The second-order valence-corrected chi connectivity index (χ2v) is 4.24. The number of alkyl halides is 1. The molecule has 0 radical (unpaired) electrons. The Kier molecular flexibility index (Phi) is 5.10. The first kappa shape index (κ1) is 11.3. The quantitative estimate of drug-likeness (QED) is 0.659. The van der Waals surface area contributed by atoms with Crippen LogP contribution in [-0.2, 0) is 6.54 Å². The van der Waals surface area contributed by atoms with Crippen LogP contribution in [-0.4, -0.2) is 11.9 Å². The topological polar surface area (TPSA) is 12.0 Å². The van der Waals surface area contributed by atoms with Crippen LogP contribution in [0.5, 0.6) is 0 Å². The minimum absolute atomic E-state index is 0.675. The maximum Gasteiger partial charge on any atom is 0.0465 e. The summed E-state index contributed by atoms with van der Waals surface area (Å²) in [6.07, 6.45) is 0. The van der Waals surface area contributed by atoms with E-state index >= 15 is 0 Å². The normalized spacial score (nSPS) is 10.4. The summed E-state index contributed by atoms with van der Waals surface area (Å²) in [6, 6.07) is 5.54. The minimum atomic E-state index is 0.675. The molecule has 4 heteroatoms. The lowest BCUT2D eigenvalue weighted by Gasteiger charge is -2.05. The summed E-state index contributed by atoms with van der Waals surface area (Å²) < 4.78 is 0. The summed E-state index contributed by atoms with van der Waals surface area (Å²) in [6.45, 7) is 1.71. The van der Waals surface area contributed by atoms with E-state index in [1.165, 1.54) is 0 Å². The molecule has 0 heterocycles. The molecule has 1 N–H and O–H groups in total. The molecule has 1 aromatic rings. The van der Waals surface area contributed by atoms with Crippen molar-refractivity contribution in [1.29, 1.82) is 0 Å².